The van der Waals surface area contributed by atoms with E-state index in [-0.39, 0.29) is 6.04 Å². The van der Waals surface area contributed by atoms with Gasteiger partial charge in [-0.1, -0.05) is 0 Å². The van der Waals surface area contributed by atoms with E-state index in [0.29, 0.717) is 13.0 Å². The second-order valence-electron chi connectivity index (χ2n) is 4.92. The van der Waals surface area contributed by atoms with Gasteiger partial charge >= 0.3 is 12.1 Å². The van der Waals surface area contributed by atoms with Crippen molar-refractivity contribution in [2.24, 2.45) is 0 Å². The van der Waals surface area contributed by atoms with Crippen LogP contribution in [0.4, 0.5) is 4.79 Å². The van der Waals surface area contributed by atoms with E-state index in [1.165, 1.54) is 7.11 Å². The topological polar surface area (TPSA) is 73.9 Å². The highest BCUT2D eigenvalue weighted by Gasteiger charge is 2.33. The Morgan fingerprint density at radius 1 is 1.35 bits per heavy atom. The molecule has 98 valence electrons. The van der Waals surface area contributed by atoms with Crippen molar-refractivity contribution in [3.63, 3.8) is 0 Å². The van der Waals surface area contributed by atoms with Crippen LogP contribution in [0.25, 0.3) is 0 Å². The predicted octanol–water partition coefficient (Wildman–Crippen LogP) is 0.842. The number of nitrogens with one attached hydrogen (secondary N) is 1. The van der Waals surface area contributed by atoms with E-state index >= 15 is 0 Å². The van der Waals surface area contributed by atoms with E-state index in [4.69, 9.17) is 9.47 Å². The van der Waals surface area contributed by atoms with E-state index in [2.05, 4.69) is 10.1 Å². The number of hydrogen-bond acceptors (Lipinski definition) is 5. The minimum absolute atomic E-state index is 0.214. The van der Waals surface area contributed by atoms with Gasteiger partial charge in [-0.2, -0.15) is 0 Å². The number of amides is 1. The van der Waals surface area contributed by atoms with Gasteiger partial charge in [-0.15, -0.1) is 0 Å². The quantitative estimate of drug-likeness (QED) is 0.730. The van der Waals surface area contributed by atoms with Gasteiger partial charge in [0.1, 0.15) is 5.60 Å². The molecule has 1 N–H and O–H groups in total. The fourth-order valence-corrected chi connectivity index (χ4v) is 1.50. The number of alkyl carbamates (subject to hydrolysis) is 1. The lowest BCUT2D eigenvalue weighted by Gasteiger charge is -2.21. The average Bonchev–Trinajstić information content (AvgIpc) is 2.62. The van der Waals surface area contributed by atoms with Crippen LogP contribution in [0.1, 0.15) is 27.2 Å². The largest absolute Gasteiger partial charge is 0.467 e. The lowest BCUT2D eigenvalue weighted by Crippen LogP contribution is -2.39. The van der Waals surface area contributed by atoms with Crippen LogP contribution < -0.4 is 5.32 Å². The van der Waals surface area contributed by atoms with Crippen molar-refractivity contribution in [2.75, 3.05) is 13.7 Å². The molecule has 0 saturated carbocycles. The summed E-state index contributed by atoms with van der Waals surface area (Å²) in [5.41, 5.74) is -0.536. The normalized spacial score (nSPS) is 24.2. The highest BCUT2D eigenvalue weighted by atomic mass is 16.6. The summed E-state index contributed by atoms with van der Waals surface area (Å²) >= 11 is 0. The van der Waals surface area contributed by atoms with Crippen molar-refractivity contribution in [3.8, 4) is 0 Å². The van der Waals surface area contributed by atoms with Crippen molar-refractivity contribution in [2.45, 2.75) is 44.9 Å². The lowest BCUT2D eigenvalue weighted by atomic mass is 10.2. The zero-order valence-corrected chi connectivity index (χ0v) is 10.6. The summed E-state index contributed by atoms with van der Waals surface area (Å²) < 4.78 is 14.9. The van der Waals surface area contributed by atoms with Crippen LogP contribution in [0.2, 0.25) is 0 Å². The second kappa shape index (κ2) is 5.35. The highest BCUT2D eigenvalue weighted by Crippen LogP contribution is 2.15. The molecule has 1 saturated heterocycles. The molecule has 0 aromatic rings. The smallest absolute Gasteiger partial charge is 0.407 e. The average molecular weight is 245 g/mol. The maximum Gasteiger partial charge on any atom is 0.407 e. The first kappa shape index (κ1) is 13.8. The first-order chi connectivity index (χ1) is 7.81. The molecule has 1 rings (SSSR count). The Hall–Kier alpha value is -1.30. The van der Waals surface area contributed by atoms with Crippen LogP contribution in [0, 0.1) is 0 Å². The summed E-state index contributed by atoms with van der Waals surface area (Å²) in [6.07, 6.45) is -0.692. The number of hydrogen-bond donors (Lipinski definition) is 1. The van der Waals surface area contributed by atoms with Crippen LogP contribution in [0.15, 0.2) is 0 Å². The Morgan fingerprint density at radius 3 is 2.53 bits per heavy atom. The van der Waals surface area contributed by atoms with Crippen LogP contribution in [0.5, 0.6) is 0 Å². The summed E-state index contributed by atoms with van der Waals surface area (Å²) in [5.74, 6) is -0.418. The molecular formula is C11H19NO5. The molecule has 0 aromatic heterocycles. The molecule has 1 amide bonds. The van der Waals surface area contributed by atoms with Crippen molar-refractivity contribution in [1.82, 2.24) is 5.32 Å². The second-order valence-corrected chi connectivity index (χ2v) is 4.92. The Labute approximate surface area is 101 Å². The van der Waals surface area contributed by atoms with Gasteiger partial charge in [0, 0.05) is 6.42 Å². The van der Waals surface area contributed by atoms with Crippen molar-refractivity contribution in [3.05, 3.63) is 0 Å². The van der Waals surface area contributed by atoms with Crippen molar-refractivity contribution >= 4 is 12.1 Å². The first-order valence-corrected chi connectivity index (χ1v) is 5.51. The molecule has 1 heterocycles. The van der Waals surface area contributed by atoms with Gasteiger partial charge < -0.3 is 19.5 Å². The van der Waals surface area contributed by atoms with E-state index in [9.17, 15) is 9.59 Å². The SMILES string of the molecule is COC(=O)[C@H]1CC(NC(=O)OC(C)(C)C)CO1. The maximum absolute atomic E-state index is 11.5. The Kier molecular flexibility index (Phi) is 4.34. The molecule has 0 aromatic carbocycles. The zero-order chi connectivity index (χ0) is 13.1. The number of ether oxygens (including phenoxy) is 3. The fraction of sp³-hybridized carbons (Fsp3) is 0.818. The summed E-state index contributed by atoms with van der Waals surface area (Å²) in [7, 11) is 1.31. The molecule has 6 heteroatoms. The molecule has 6 nitrogen and oxygen atoms in total. The molecule has 0 bridgehead atoms. The van der Waals surface area contributed by atoms with Crippen molar-refractivity contribution < 1.29 is 23.8 Å². The van der Waals surface area contributed by atoms with Gasteiger partial charge in [-0.3, -0.25) is 0 Å². The van der Waals surface area contributed by atoms with E-state index in [1.54, 1.807) is 20.8 Å². The minimum atomic E-state index is -0.597. The number of carbonyl (C=O) groups excluding carboxylic acids is 2. The standard InChI is InChI=1S/C11H19NO5/c1-11(2,3)17-10(14)12-7-5-8(16-6-7)9(13)15-4/h7-8H,5-6H2,1-4H3,(H,12,14)/t7?,8-/m1/s1. The van der Waals surface area contributed by atoms with Gasteiger partial charge in [-0.25, -0.2) is 9.59 Å². The third-order valence-electron chi connectivity index (χ3n) is 2.18. The number of carbonyl (C=O) groups is 2. The molecule has 1 fully saturated rings. The van der Waals surface area contributed by atoms with Gasteiger partial charge in [0.2, 0.25) is 0 Å². The third kappa shape index (κ3) is 4.60. The molecule has 0 spiro atoms. The molecule has 1 aliphatic rings. The van der Waals surface area contributed by atoms with Crippen molar-refractivity contribution in [1.29, 1.82) is 0 Å². The van der Waals surface area contributed by atoms with Gasteiger partial charge in [0.15, 0.2) is 6.10 Å². The molecule has 1 unspecified atom stereocenters. The van der Waals surface area contributed by atoms with Gasteiger partial charge in [0.05, 0.1) is 19.8 Å². The summed E-state index contributed by atoms with van der Waals surface area (Å²) in [5, 5.41) is 2.65. The summed E-state index contributed by atoms with van der Waals surface area (Å²) in [6, 6.07) is -0.214. The van der Waals surface area contributed by atoms with Crippen LogP contribution in [-0.4, -0.2) is 43.5 Å². The molecule has 0 radical (unpaired) electrons. The van der Waals surface area contributed by atoms with Crippen LogP contribution >= 0.6 is 0 Å². The molecule has 2 atom stereocenters. The van der Waals surface area contributed by atoms with E-state index in [1.807, 2.05) is 0 Å². The molecule has 0 aliphatic carbocycles. The zero-order valence-electron chi connectivity index (χ0n) is 10.6. The Bertz CT molecular complexity index is 297. The number of esters is 1. The lowest BCUT2D eigenvalue weighted by molar-refractivity contribution is -0.151. The van der Waals surface area contributed by atoms with E-state index < -0.39 is 23.8 Å². The number of methoxy groups -OCH3 is 1. The maximum atomic E-state index is 11.5. The molecule has 1 aliphatic heterocycles. The Morgan fingerprint density at radius 2 is 2.00 bits per heavy atom. The summed E-state index contributed by atoms with van der Waals surface area (Å²) in [4.78, 5) is 22.6. The molecule has 17 heavy (non-hydrogen) atoms. The van der Waals surface area contributed by atoms with Gasteiger partial charge in [0.25, 0.3) is 0 Å². The Balaban J connectivity index is 2.35. The van der Waals surface area contributed by atoms with Crippen LogP contribution in [0.3, 0.4) is 0 Å². The monoisotopic (exact) mass is 245 g/mol. The highest BCUT2D eigenvalue weighted by molar-refractivity contribution is 5.75. The fourth-order valence-electron chi connectivity index (χ4n) is 1.50. The third-order valence-corrected chi connectivity index (χ3v) is 2.18. The van der Waals surface area contributed by atoms with Crippen LogP contribution in [-0.2, 0) is 19.0 Å². The first-order valence-electron chi connectivity index (χ1n) is 5.51. The van der Waals surface area contributed by atoms with Gasteiger partial charge in [-0.05, 0) is 20.8 Å². The number of rotatable bonds is 2. The van der Waals surface area contributed by atoms with E-state index in [0.717, 1.165) is 0 Å². The minimum Gasteiger partial charge on any atom is -0.467 e. The molecular weight excluding hydrogens is 226 g/mol. The predicted molar refractivity (Wildman–Crippen MR) is 59.5 cm³/mol. The summed E-state index contributed by atoms with van der Waals surface area (Å²) in [6.45, 7) is 5.65.